The van der Waals surface area contributed by atoms with Gasteiger partial charge in [-0.05, 0) is 54.6 Å². The summed E-state index contributed by atoms with van der Waals surface area (Å²) in [4.78, 5) is 12.4. The fourth-order valence-electron chi connectivity index (χ4n) is 2.57. The molecule has 0 saturated heterocycles. The molecule has 0 radical (unpaired) electrons. The predicted molar refractivity (Wildman–Crippen MR) is 105 cm³/mol. The van der Waals surface area contributed by atoms with Gasteiger partial charge in [-0.1, -0.05) is 6.07 Å². The lowest BCUT2D eigenvalue weighted by molar-refractivity contribution is 0.0948. The van der Waals surface area contributed by atoms with Crippen LogP contribution in [0.25, 0.3) is 0 Å². The van der Waals surface area contributed by atoms with Gasteiger partial charge in [0.25, 0.3) is 15.9 Å². The van der Waals surface area contributed by atoms with Crippen LogP contribution in [0.4, 0.5) is 5.69 Å². The van der Waals surface area contributed by atoms with Crippen molar-refractivity contribution < 1.29 is 22.4 Å². The van der Waals surface area contributed by atoms with Gasteiger partial charge in [0.2, 0.25) is 0 Å². The van der Waals surface area contributed by atoms with Crippen molar-refractivity contribution in [1.82, 2.24) is 5.32 Å². The second-order valence-electron chi connectivity index (χ2n) is 5.96. The third kappa shape index (κ3) is 4.17. The molecule has 3 rings (SSSR count). The molecule has 1 amide bonds. The van der Waals surface area contributed by atoms with Gasteiger partial charge in [-0.2, -0.15) is 0 Å². The first-order chi connectivity index (χ1) is 13.4. The predicted octanol–water partition coefficient (Wildman–Crippen LogP) is 3.04. The van der Waals surface area contributed by atoms with E-state index in [4.69, 9.17) is 9.15 Å². The molecule has 0 atom stereocenters. The summed E-state index contributed by atoms with van der Waals surface area (Å²) in [6.07, 6.45) is 1.52. The van der Waals surface area contributed by atoms with Gasteiger partial charge in [-0.25, -0.2) is 8.42 Å². The highest BCUT2D eigenvalue weighted by Crippen LogP contribution is 2.24. The van der Waals surface area contributed by atoms with E-state index in [2.05, 4.69) is 5.32 Å². The first-order valence-corrected chi connectivity index (χ1v) is 9.89. The van der Waals surface area contributed by atoms with Crippen LogP contribution in [0.1, 0.15) is 16.1 Å². The number of methoxy groups -OCH3 is 1. The average molecular weight is 400 g/mol. The molecule has 2 aromatic carbocycles. The summed E-state index contributed by atoms with van der Waals surface area (Å²) in [6, 6.07) is 16.0. The normalized spacial score (nSPS) is 11.1. The molecule has 0 aliphatic rings. The number of hydrogen-bond donors (Lipinski definition) is 1. The molecule has 0 unspecified atom stereocenters. The Bertz CT molecular complexity index is 1040. The van der Waals surface area contributed by atoms with Gasteiger partial charge >= 0.3 is 0 Å². The van der Waals surface area contributed by atoms with Crippen LogP contribution in [0.3, 0.4) is 0 Å². The Morgan fingerprint density at radius 3 is 2.50 bits per heavy atom. The van der Waals surface area contributed by atoms with E-state index in [-0.39, 0.29) is 22.9 Å². The van der Waals surface area contributed by atoms with Gasteiger partial charge < -0.3 is 14.5 Å². The number of ether oxygens (including phenoxy) is 1. The molecule has 3 aromatic rings. The third-order valence-electron chi connectivity index (χ3n) is 4.19. The molecule has 28 heavy (non-hydrogen) atoms. The van der Waals surface area contributed by atoms with E-state index in [1.165, 1.54) is 38.6 Å². The average Bonchev–Trinajstić information content (AvgIpc) is 3.25. The van der Waals surface area contributed by atoms with Gasteiger partial charge in [-0.15, -0.1) is 0 Å². The van der Waals surface area contributed by atoms with Crippen molar-refractivity contribution in [2.45, 2.75) is 11.4 Å². The van der Waals surface area contributed by atoms with E-state index in [1.54, 1.807) is 42.5 Å². The van der Waals surface area contributed by atoms with E-state index in [0.717, 1.165) is 4.31 Å². The van der Waals surface area contributed by atoms with Crippen LogP contribution in [0, 0.1) is 0 Å². The van der Waals surface area contributed by atoms with E-state index in [0.29, 0.717) is 17.2 Å². The summed E-state index contributed by atoms with van der Waals surface area (Å²) >= 11 is 0. The van der Waals surface area contributed by atoms with Crippen LogP contribution in [0.15, 0.2) is 76.2 Å². The number of anilines is 1. The number of hydrogen-bond acceptors (Lipinski definition) is 5. The quantitative estimate of drug-likeness (QED) is 0.658. The number of amides is 1. The Hall–Kier alpha value is -3.26. The molecule has 1 heterocycles. The number of nitrogens with one attached hydrogen (secondary N) is 1. The SMILES string of the molecule is COc1ccc(N(C)S(=O)(=O)c2cccc(C(=O)NCc3ccco3)c2)cc1. The number of furan rings is 1. The first-order valence-electron chi connectivity index (χ1n) is 8.45. The topological polar surface area (TPSA) is 88.8 Å². The van der Waals surface area contributed by atoms with Gasteiger partial charge in [0.05, 0.1) is 30.5 Å². The lowest BCUT2D eigenvalue weighted by atomic mass is 10.2. The number of carbonyl (C=O) groups excluding carboxylic acids is 1. The molecule has 0 bridgehead atoms. The largest absolute Gasteiger partial charge is 0.497 e. The van der Waals surface area contributed by atoms with Crippen molar-refractivity contribution in [3.63, 3.8) is 0 Å². The summed E-state index contributed by atoms with van der Waals surface area (Å²) in [5.74, 6) is 0.849. The smallest absolute Gasteiger partial charge is 0.264 e. The third-order valence-corrected chi connectivity index (χ3v) is 5.98. The zero-order valence-corrected chi connectivity index (χ0v) is 16.3. The van der Waals surface area contributed by atoms with Gasteiger partial charge in [0.15, 0.2) is 0 Å². The maximum Gasteiger partial charge on any atom is 0.264 e. The summed E-state index contributed by atoms with van der Waals surface area (Å²) in [5, 5.41) is 2.70. The monoisotopic (exact) mass is 400 g/mol. The zero-order valence-electron chi connectivity index (χ0n) is 15.5. The van der Waals surface area contributed by atoms with Crippen LogP contribution in [-0.2, 0) is 16.6 Å². The minimum Gasteiger partial charge on any atom is -0.497 e. The summed E-state index contributed by atoms with van der Waals surface area (Å²) in [7, 11) is -0.833. The Morgan fingerprint density at radius 1 is 1.11 bits per heavy atom. The summed E-state index contributed by atoms with van der Waals surface area (Å²) in [5.41, 5.74) is 0.726. The molecule has 0 aliphatic carbocycles. The highest BCUT2D eigenvalue weighted by atomic mass is 32.2. The van der Waals surface area contributed by atoms with Crippen molar-refractivity contribution in [1.29, 1.82) is 0 Å². The van der Waals surface area contributed by atoms with E-state index < -0.39 is 10.0 Å². The number of sulfonamides is 1. The molecular weight excluding hydrogens is 380 g/mol. The minimum absolute atomic E-state index is 0.0245. The standard InChI is InChI=1S/C20H20N2O5S/c1-22(16-8-10-17(26-2)11-9-16)28(24,25)19-7-3-5-15(13-19)20(23)21-14-18-6-4-12-27-18/h3-13H,14H2,1-2H3,(H,21,23). The molecule has 0 saturated carbocycles. The molecule has 0 aliphatic heterocycles. The highest BCUT2D eigenvalue weighted by Gasteiger charge is 2.22. The van der Waals surface area contributed by atoms with Crippen LogP contribution in [-0.4, -0.2) is 28.5 Å². The Balaban J connectivity index is 1.79. The van der Waals surface area contributed by atoms with Crippen molar-refractivity contribution in [2.75, 3.05) is 18.5 Å². The molecular formula is C20H20N2O5S. The van der Waals surface area contributed by atoms with Crippen LogP contribution >= 0.6 is 0 Å². The zero-order chi connectivity index (χ0) is 20.1. The van der Waals surface area contributed by atoms with Crippen LogP contribution < -0.4 is 14.4 Å². The summed E-state index contributed by atoms with van der Waals surface area (Å²) in [6.45, 7) is 0.217. The van der Waals surface area contributed by atoms with Gasteiger partial charge in [-0.3, -0.25) is 9.10 Å². The summed E-state index contributed by atoms with van der Waals surface area (Å²) < 4.78 is 37.3. The second kappa shape index (κ2) is 8.18. The first kappa shape index (κ1) is 19.5. The molecule has 1 aromatic heterocycles. The second-order valence-corrected chi connectivity index (χ2v) is 7.93. The number of rotatable bonds is 7. The van der Waals surface area contributed by atoms with Crippen molar-refractivity contribution in [2.24, 2.45) is 0 Å². The lowest BCUT2D eigenvalue weighted by Gasteiger charge is -2.20. The number of benzene rings is 2. The molecule has 8 heteroatoms. The molecule has 1 N–H and O–H groups in total. The highest BCUT2D eigenvalue weighted by molar-refractivity contribution is 7.92. The van der Waals surface area contributed by atoms with Crippen molar-refractivity contribution in [3.05, 3.63) is 78.3 Å². The molecule has 146 valence electrons. The van der Waals surface area contributed by atoms with Gasteiger partial charge in [0.1, 0.15) is 11.5 Å². The Morgan fingerprint density at radius 2 is 1.86 bits per heavy atom. The van der Waals surface area contributed by atoms with Crippen molar-refractivity contribution >= 4 is 21.6 Å². The lowest BCUT2D eigenvalue weighted by Crippen LogP contribution is -2.27. The maximum atomic E-state index is 13.0. The van der Waals surface area contributed by atoms with E-state index in [9.17, 15) is 13.2 Å². The fraction of sp³-hybridized carbons (Fsp3) is 0.150. The molecule has 7 nitrogen and oxygen atoms in total. The van der Waals surface area contributed by atoms with Crippen LogP contribution in [0.5, 0.6) is 5.75 Å². The fourth-order valence-corrected chi connectivity index (χ4v) is 3.81. The van der Waals surface area contributed by atoms with Gasteiger partial charge in [0, 0.05) is 12.6 Å². The van der Waals surface area contributed by atoms with Crippen LogP contribution in [0.2, 0.25) is 0 Å². The number of nitrogens with zero attached hydrogens (tertiary/aromatic N) is 1. The molecule has 0 spiro atoms. The Kier molecular flexibility index (Phi) is 5.70. The van der Waals surface area contributed by atoms with Crippen molar-refractivity contribution in [3.8, 4) is 5.75 Å². The van der Waals surface area contributed by atoms with E-state index >= 15 is 0 Å². The molecule has 0 fully saturated rings. The van der Waals surface area contributed by atoms with E-state index in [1.807, 2.05) is 0 Å². The Labute approximate surface area is 163 Å². The number of carbonyl (C=O) groups is 1. The minimum atomic E-state index is -3.83. The maximum absolute atomic E-state index is 13.0.